The van der Waals surface area contributed by atoms with Crippen LogP contribution in [0.4, 0.5) is 4.79 Å². The standard InChI is InChI=1S/C24H35NO8/c1-16(2)21(27)30-17(3)31-22(28)33-29-15-20(18-11-9-8-10-12-18)32-25-23(4,5)13-19(26)14-24(25,6)7/h8-12,17,19-20,26H,1,13-15H2,2-7H3. The second kappa shape index (κ2) is 11.1. The van der Waals surface area contributed by atoms with Crippen molar-refractivity contribution < 1.29 is 38.8 Å². The second-order valence-electron chi connectivity index (χ2n) is 9.48. The van der Waals surface area contributed by atoms with Gasteiger partial charge >= 0.3 is 12.1 Å². The molecule has 2 unspecified atom stereocenters. The van der Waals surface area contributed by atoms with Crippen LogP contribution in [0.2, 0.25) is 0 Å². The molecule has 33 heavy (non-hydrogen) atoms. The molecule has 1 saturated heterocycles. The number of carbonyl (C=O) groups is 2. The molecule has 0 saturated carbocycles. The average Bonchev–Trinajstić information content (AvgIpc) is 2.68. The third-order valence-electron chi connectivity index (χ3n) is 5.20. The monoisotopic (exact) mass is 465 g/mol. The summed E-state index contributed by atoms with van der Waals surface area (Å²) in [5.74, 6) is -0.689. The predicted molar refractivity (Wildman–Crippen MR) is 119 cm³/mol. The number of carbonyl (C=O) groups excluding carboxylic acids is 2. The molecule has 1 aliphatic rings. The Morgan fingerprint density at radius 3 is 2.24 bits per heavy atom. The van der Waals surface area contributed by atoms with Crippen molar-refractivity contribution in [3.63, 3.8) is 0 Å². The lowest BCUT2D eigenvalue weighted by Crippen LogP contribution is -2.61. The van der Waals surface area contributed by atoms with Gasteiger partial charge in [0.15, 0.2) is 0 Å². The van der Waals surface area contributed by atoms with Gasteiger partial charge in [-0.15, -0.1) is 0 Å². The number of aliphatic hydroxyl groups is 1. The highest BCUT2D eigenvalue weighted by atomic mass is 17.2. The predicted octanol–water partition coefficient (Wildman–Crippen LogP) is 4.22. The van der Waals surface area contributed by atoms with Crippen LogP contribution in [-0.4, -0.2) is 52.4 Å². The van der Waals surface area contributed by atoms with Gasteiger partial charge in [-0.2, -0.15) is 9.95 Å². The van der Waals surface area contributed by atoms with Crippen molar-refractivity contribution in [3.05, 3.63) is 48.0 Å². The van der Waals surface area contributed by atoms with E-state index < -0.39 is 41.7 Å². The first kappa shape index (κ1) is 26.8. The maximum Gasteiger partial charge on any atom is 0.543 e. The van der Waals surface area contributed by atoms with Crippen molar-refractivity contribution in [2.75, 3.05) is 6.61 Å². The van der Waals surface area contributed by atoms with Gasteiger partial charge in [-0.1, -0.05) is 36.9 Å². The van der Waals surface area contributed by atoms with E-state index in [-0.39, 0.29) is 12.2 Å². The van der Waals surface area contributed by atoms with Crippen LogP contribution in [0.1, 0.15) is 66.1 Å². The van der Waals surface area contributed by atoms with Crippen LogP contribution in [-0.2, 0) is 28.9 Å². The summed E-state index contributed by atoms with van der Waals surface area (Å²) < 4.78 is 9.70. The fourth-order valence-corrected chi connectivity index (χ4v) is 4.05. The molecule has 0 amide bonds. The summed E-state index contributed by atoms with van der Waals surface area (Å²) in [5, 5.41) is 12.2. The summed E-state index contributed by atoms with van der Waals surface area (Å²) in [5.41, 5.74) is 0.0950. The molecule has 1 fully saturated rings. The smallest absolute Gasteiger partial charge is 0.422 e. The van der Waals surface area contributed by atoms with Crippen LogP contribution in [0.5, 0.6) is 0 Å². The molecule has 0 aliphatic carbocycles. The Hall–Kier alpha value is -2.46. The van der Waals surface area contributed by atoms with Crippen LogP contribution in [0.15, 0.2) is 42.5 Å². The van der Waals surface area contributed by atoms with Gasteiger partial charge in [0.2, 0.25) is 6.29 Å². The Bertz CT molecular complexity index is 805. The third-order valence-corrected chi connectivity index (χ3v) is 5.20. The third kappa shape index (κ3) is 7.82. The number of hydrogen-bond acceptors (Lipinski definition) is 9. The summed E-state index contributed by atoms with van der Waals surface area (Å²) in [6.45, 7) is 14.2. The van der Waals surface area contributed by atoms with Gasteiger partial charge in [0, 0.05) is 23.6 Å². The van der Waals surface area contributed by atoms with Gasteiger partial charge in [-0.05, 0) is 53.0 Å². The molecule has 9 nitrogen and oxygen atoms in total. The summed E-state index contributed by atoms with van der Waals surface area (Å²) in [7, 11) is 0. The molecule has 0 spiro atoms. The maximum atomic E-state index is 11.9. The van der Waals surface area contributed by atoms with Gasteiger partial charge in [-0.25, -0.2) is 9.59 Å². The summed E-state index contributed by atoms with van der Waals surface area (Å²) in [6.07, 6.45) is -2.28. The number of hydrogen-bond donors (Lipinski definition) is 1. The molecule has 0 aromatic heterocycles. The number of nitrogens with zero attached hydrogens (tertiary/aromatic N) is 1. The van der Waals surface area contributed by atoms with Crippen LogP contribution < -0.4 is 0 Å². The number of aliphatic hydroxyl groups excluding tert-OH is 1. The fourth-order valence-electron chi connectivity index (χ4n) is 4.05. The molecule has 1 aromatic rings. The van der Waals surface area contributed by atoms with Gasteiger partial charge in [0.05, 0.1) is 6.10 Å². The molecule has 0 radical (unpaired) electrons. The van der Waals surface area contributed by atoms with Crippen LogP contribution in [0.25, 0.3) is 0 Å². The molecule has 1 aromatic carbocycles. The first-order valence-corrected chi connectivity index (χ1v) is 10.9. The summed E-state index contributed by atoms with van der Waals surface area (Å²) in [6, 6.07) is 9.38. The number of piperidine rings is 1. The lowest BCUT2D eigenvalue weighted by Gasteiger charge is -2.53. The Balaban J connectivity index is 2.02. The van der Waals surface area contributed by atoms with Crippen molar-refractivity contribution in [2.45, 2.75) is 84.0 Å². The van der Waals surface area contributed by atoms with Gasteiger partial charge in [-0.3, -0.25) is 9.73 Å². The normalized spacial score (nSPS) is 19.8. The summed E-state index contributed by atoms with van der Waals surface area (Å²) >= 11 is 0. The number of benzene rings is 1. The molecular weight excluding hydrogens is 430 g/mol. The van der Waals surface area contributed by atoms with Gasteiger partial charge < -0.3 is 14.6 Å². The van der Waals surface area contributed by atoms with Gasteiger partial charge in [0.1, 0.15) is 12.7 Å². The van der Waals surface area contributed by atoms with Crippen LogP contribution >= 0.6 is 0 Å². The van der Waals surface area contributed by atoms with E-state index in [1.165, 1.54) is 13.8 Å². The lowest BCUT2D eigenvalue weighted by molar-refractivity contribution is -0.345. The highest BCUT2D eigenvalue weighted by Crippen LogP contribution is 2.40. The van der Waals surface area contributed by atoms with E-state index in [4.69, 9.17) is 24.1 Å². The highest BCUT2D eigenvalue weighted by molar-refractivity contribution is 5.87. The maximum absolute atomic E-state index is 11.9. The highest BCUT2D eigenvalue weighted by Gasteiger charge is 2.47. The number of ether oxygens (including phenoxy) is 2. The zero-order valence-corrected chi connectivity index (χ0v) is 20.2. The zero-order chi connectivity index (χ0) is 24.8. The number of rotatable bonds is 9. The fraction of sp³-hybridized carbons (Fsp3) is 0.583. The van der Waals surface area contributed by atoms with Crippen LogP contribution in [0.3, 0.4) is 0 Å². The molecule has 1 aliphatic heterocycles. The van der Waals surface area contributed by atoms with Crippen molar-refractivity contribution >= 4 is 12.1 Å². The van der Waals surface area contributed by atoms with E-state index in [0.717, 1.165) is 5.56 Å². The zero-order valence-electron chi connectivity index (χ0n) is 20.2. The number of hydroxylamine groups is 2. The Morgan fingerprint density at radius 2 is 1.70 bits per heavy atom. The Morgan fingerprint density at radius 1 is 1.12 bits per heavy atom. The van der Waals surface area contributed by atoms with Crippen molar-refractivity contribution in [1.29, 1.82) is 0 Å². The topological polar surface area (TPSA) is 104 Å². The molecule has 184 valence electrons. The SMILES string of the molecule is C=C(C)C(=O)OC(C)OC(=O)OOCC(ON1C(C)(C)CC(O)CC1(C)C)c1ccccc1. The van der Waals surface area contributed by atoms with E-state index in [1.54, 1.807) is 0 Å². The van der Waals surface area contributed by atoms with Crippen LogP contribution in [0, 0.1) is 0 Å². The molecule has 9 heteroatoms. The minimum Gasteiger partial charge on any atom is -0.422 e. The molecule has 1 heterocycles. The molecular formula is C24H35NO8. The van der Waals surface area contributed by atoms with E-state index in [2.05, 4.69) is 6.58 Å². The van der Waals surface area contributed by atoms with Crippen molar-refractivity contribution in [2.24, 2.45) is 0 Å². The van der Waals surface area contributed by atoms with E-state index in [0.29, 0.717) is 12.8 Å². The van der Waals surface area contributed by atoms with Crippen molar-refractivity contribution in [3.8, 4) is 0 Å². The number of esters is 1. The largest absolute Gasteiger partial charge is 0.543 e. The minimum atomic E-state index is -1.17. The molecule has 2 atom stereocenters. The lowest BCUT2D eigenvalue weighted by atomic mass is 9.80. The van der Waals surface area contributed by atoms with Gasteiger partial charge in [0.25, 0.3) is 0 Å². The Labute approximate surface area is 195 Å². The molecule has 1 N–H and O–H groups in total. The second-order valence-corrected chi connectivity index (χ2v) is 9.48. The molecule has 2 rings (SSSR count). The Kier molecular flexibility index (Phi) is 9.02. The minimum absolute atomic E-state index is 0.121. The van der Waals surface area contributed by atoms with E-state index in [9.17, 15) is 14.7 Å². The average molecular weight is 466 g/mol. The quantitative estimate of drug-likeness (QED) is 0.189. The van der Waals surface area contributed by atoms with E-state index in [1.807, 2.05) is 63.1 Å². The van der Waals surface area contributed by atoms with E-state index >= 15 is 0 Å². The first-order valence-electron chi connectivity index (χ1n) is 10.9. The first-order chi connectivity index (χ1) is 15.3. The summed E-state index contributed by atoms with van der Waals surface area (Å²) in [4.78, 5) is 39.6. The van der Waals surface area contributed by atoms with Crippen molar-refractivity contribution in [1.82, 2.24) is 5.06 Å². The molecule has 0 bridgehead atoms.